The summed E-state index contributed by atoms with van der Waals surface area (Å²) in [5, 5.41) is 10.3. The zero-order chi connectivity index (χ0) is 19.8. The van der Waals surface area contributed by atoms with Gasteiger partial charge in [0.05, 0.1) is 5.69 Å². The predicted octanol–water partition coefficient (Wildman–Crippen LogP) is 2.19. The van der Waals surface area contributed by atoms with E-state index in [2.05, 4.69) is 16.0 Å². The van der Waals surface area contributed by atoms with Crippen molar-refractivity contribution in [2.45, 2.75) is 38.8 Å². The van der Waals surface area contributed by atoms with E-state index in [1.54, 1.807) is 17.9 Å². The molecule has 0 radical (unpaired) electrons. The molecule has 0 spiro atoms. The lowest BCUT2D eigenvalue weighted by atomic mass is 10.0. The molecule has 4 rings (SSSR count). The second-order valence-corrected chi connectivity index (χ2v) is 8.60. The van der Waals surface area contributed by atoms with E-state index in [-0.39, 0.29) is 29.8 Å². The molecule has 2 aromatic rings. The van der Waals surface area contributed by atoms with Gasteiger partial charge in [-0.3, -0.25) is 14.4 Å². The number of piperidine rings is 1. The summed E-state index contributed by atoms with van der Waals surface area (Å²) in [7, 11) is 0. The molecular formula is C20H24N4O3S. The van der Waals surface area contributed by atoms with Gasteiger partial charge in [0.1, 0.15) is 4.88 Å². The molecule has 1 aromatic carbocycles. The molecule has 3 amide bonds. The van der Waals surface area contributed by atoms with Gasteiger partial charge in [-0.25, -0.2) is 0 Å². The van der Waals surface area contributed by atoms with Crippen LogP contribution in [0.5, 0.6) is 0 Å². The highest BCUT2D eigenvalue weighted by Gasteiger charge is 2.26. The predicted molar refractivity (Wildman–Crippen MR) is 110 cm³/mol. The zero-order valence-electron chi connectivity index (χ0n) is 16.0. The Morgan fingerprint density at radius 3 is 2.93 bits per heavy atom. The van der Waals surface area contributed by atoms with Gasteiger partial charge in [-0.2, -0.15) is 0 Å². The minimum atomic E-state index is -0.149. The molecule has 1 saturated heterocycles. The lowest BCUT2D eigenvalue weighted by Crippen LogP contribution is -2.49. The minimum Gasteiger partial charge on any atom is -0.381 e. The lowest BCUT2D eigenvalue weighted by Gasteiger charge is -2.32. The first-order valence-corrected chi connectivity index (χ1v) is 10.4. The Bertz CT molecular complexity index is 954. The zero-order valence-corrected chi connectivity index (χ0v) is 16.8. The van der Waals surface area contributed by atoms with Gasteiger partial charge in [-0.1, -0.05) is 0 Å². The van der Waals surface area contributed by atoms with Gasteiger partial charge < -0.3 is 20.9 Å². The summed E-state index contributed by atoms with van der Waals surface area (Å²) in [6.07, 6.45) is 1.75. The van der Waals surface area contributed by atoms with Crippen LogP contribution < -0.4 is 16.0 Å². The maximum absolute atomic E-state index is 12.8. The van der Waals surface area contributed by atoms with Crippen molar-refractivity contribution in [1.82, 2.24) is 15.5 Å². The number of likely N-dealkylation sites (tertiary alicyclic amines) is 1. The molecule has 7 nitrogen and oxygen atoms in total. The van der Waals surface area contributed by atoms with Gasteiger partial charge in [0.2, 0.25) is 5.91 Å². The number of anilines is 1. The quantitative estimate of drug-likeness (QED) is 0.721. The van der Waals surface area contributed by atoms with E-state index in [4.69, 9.17) is 0 Å². The average molecular weight is 401 g/mol. The molecule has 28 heavy (non-hydrogen) atoms. The van der Waals surface area contributed by atoms with Gasteiger partial charge in [0.25, 0.3) is 11.8 Å². The third-order valence-electron chi connectivity index (χ3n) is 5.32. The first kappa shape index (κ1) is 18.7. The van der Waals surface area contributed by atoms with Gasteiger partial charge in [-0.15, -0.1) is 11.3 Å². The fourth-order valence-corrected chi connectivity index (χ4v) is 4.88. The first-order chi connectivity index (χ1) is 13.4. The lowest BCUT2D eigenvalue weighted by molar-refractivity contribution is -0.130. The van der Waals surface area contributed by atoms with Crippen molar-refractivity contribution in [3.8, 4) is 0 Å². The number of fused-ring (bicyclic) bond motifs is 3. The molecule has 0 saturated carbocycles. The van der Waals surface area contributed by atoms with Crippen LogP contribution in [0.15, 0.2) is 18.2 Å². The van der Waals surface area contributed by atoms with E-state index in [9.17, 15) is 14.4 Å². The van der Waals surface area contributed by atoms with Crippen molar-refractivity contribution < 1.29 is 14.4 Å². The van der Waals surface area contributed by atoms with Crippen LogP contribution in [0.4, 0.5) is 5.69 Å². The summed E-state index contributed by atoms with van der Waals surface area (Å²) in [5.41, 5.74) is 1.37. The Labute approximate surface area is 167 Å². The standard InChI is InChI=1S/C20H24N4O3S/c1-11-9-21-17-15-8-13(5-6-16(15)28-18(17)20(27)22-11)19(26)23-14-4-3-7-24(10-14)12(2)25/h5-6,8,11,14,21H,3-4,7,9-10H2,1-2H3,(H,22,27)(H,23,26)/t11-,14?/m1/s1. The fraction of sp³-hybridized carbons (Fsp3) is 0.450. The van der Waals surface area contributed by atoms with Crippen molar-refractivity contribution in [1.29, 1.82) is 0 Å². The number of carbonyl (C=O) groups excluding carboxylic acids is 3. The summed E-state index contributed by atoms with van der Waals surface area (Å²) >= 11 is 1.43. The molecule has 3 N–H and O–H groups in total. The van der Waals surface area contributed by atoms with Crippen LogP contribution >= 0.6 is 11.3 Å². The van der Waals surface area contributed by atoms with E-state index in [0.29, 0.717) is 23.5 Å². The molecule has 1 fully saturated rings. The number of hydrogen-bond acceptors (Lipinski definition) is 5. The molecular weight excluding hydrogens is 376 g/mol. The molecule has 0 bridgehead atoms. The molecule has 1 aromatic heterocycles. The molecule has 1 unspecified atom stereocenters. The van der Waals surface area contributed by atoms with Crippen molar-refractivity contribution in [2.24, 2.45) is 0 Å². The van der Waals surface area contributed by atoms with Crippen molar-refractivity contribution in [2.75, 3.05) is 25.0 Å². The van der Waals surface area contributed by atoms with E-state index in [0.717, 1.165) is 35.2 Å². The average Bonchev–Trinajstić information content (AvgIpc) is 2.97. The summed E-state index contributed by atoms with van der Waals surface area (Å²) in [6.45, 7) is 5.46. The molecule has 8 heteroatoms. The molecule has 0 aliphatic carbocycles. The van der Waals surface area contributed by atoms with Gasteiger partial charge in [0.15, 0.2) is 0 Å². The topological polar surface area (TPSA) is 90.5 Å². The van der Waals surface area contributed by atoms with E-state index in [1.807, 2.05) is 19.1 Å². The second kappa shape index (κ2) is 7.43. The summed E-state index contributed by atoms with van der Waals surface area (Å²) in [5.74, 6) is -0.185. The number of rotatable bonds is 2. The second-order valence-electron chi connectivity index (χ2n) is 7.55. The SMILES string of the molecule is CC(=O)N1CCCC(NC(=O)c2ccc3sc4c(c3c2)NC[C@@H](C)NC4=O)C1. The number of nitrogens with one attached hydrogen (secondary N) is 3. The Kier molecular flexibility index (Phi) is 4.97. The normalized spacial score (nSPS) is 22.1. The highest BCUT2D eigenvalue weighted by atomic mass is 32.1. The van der Waals surface area contributed by atoms with E-state index in [1.165, 1.54) is 11.3 Å². The number of amides is 3. The number of benzene rings is 1. The van der Waals surface area contributed by atoms with Crippen LogP contribution in [-0.4, -0.2) is 54.3 Å². The Hall–Kier alpha value is -2.61. The first-order valence-electron chi connectivity index (χ1n) is 9.60. The van der Waals surface area contributed by atoms with Crippen LogP contribution in [0.1, 0.15) is 46.7 Å². The Morgan fingerprint density at radius 1 is 1.32 bits per heavy atom. The van der Waals surface area contributed by atoms with Crippen molar-refractivity contribution in [3.63, 3.8) is 0 Å². The number of hydrogen-bond donors (Lipinski definition) is 3. The minimum absolute atomic E-state index is 0.0369. The van der Waals surface area contributed by atoms with Gasteiger partial charge in [-0.05, 0) is 38.0 Å². The van der Waals surface area contributed by atoms with Crippen LogP contribution in [0, 0.1) is 0 Å². The molecule has 148 valence electrons. The molecule has 2 aliphatic heterocycles. The molecule has 3 heterocycles. The number of thiophene rings is 1. The van der Waals surface area contributed by atoms with Crippen LogP contribution in [0.2, 0.25) is 0 Å². The number of carbonyl (C=O) groups is 3. The molecule has 2 aliphatic rings. The van der Waals surface area contributed by atoms with Crippen molar-refractivity contribution >= 4 is 44.8 Å². The van der Waals surface area contributed by atoms with Crippen molar-refractivity contribution in [3.05, 3.63) is 28.6 Å². The fourth-order valence-electron chi connectivity index (χ4n) is 3.82. The Morgan fingerprint density at radius 2 is 2.14 bits per heavy atom. The van der Waals surface area contributed by atoms with Gasteiger partial charge in [0, 0.05) is 54.3 Å². The van der Waals surface area contributed by atoms with Crippen LogP contribution in [0.3, 0.4) is 0 Å². The van der Waals surface area contributed by atoms with Crippen LogP contribution in [-0.2, 0) is 4.79 Å². The van der Waals surface area contributed by atoms with E-state index >= 15 is 0 Å². The molecule has 2 atom stereocenters. The number of nitrogens with zero attached hydrogens (tertiary/aromatic N) is 1. The Balaban J connectivity index is 1.57. The highest BCUT2D eigenvalue weighted by molar-refractivity contribution is 7.21. The summed E-state index contributed by atoms with van der Waals surface area (Å²) < 4.78 is 0.971. The van der Waals surface area contributed by atoms with Crippen LogP contribution in [0.25, 0.3) is 10.1 Å². The summed E-state index contributed by atoms with van der Waals surface area (Å²) in [4.78, 5) is 39.2. The monoisotopic (exact) mass is 400 g/mol. The third kappa shape index (κ3) is 3.56. The maximum atomic E-state index is 12.8. The highest BCUT2D eigenvalue weighted by Crippen LogP contribution is 2.37. The smallest absolute Gasteiger partial charge is 0.263 e. The third-order valence-corrected chi connectivity index (χ3v) is 6.49. The van der Waals surface area contributed by atoms with Gasteiger partial charge >= 0.3 is 0 Å². The maximum Gasteiger partial charge on any atom is 0.263 e. The van der Waals surface area contributed by atoms with E-state index < -0.39 is 0 Å². The largest absolute Gasteiger partial charge is 0.381 e. The summed E-state index contributed by atoms with van der Waals surface area (Å²) in [6, 6.07) is 5.54.